The van der Waals surface area contributed by atoms with Gasteiger partial charge in [-0.25, -0.2) is 0 Å². The van der Waals surface area contributed by atoms with Crippen molar-refractivity contribution in [1.82, 2.24) is 10.1 Å². The normalized spacial score (nSPS) is 22.0. The molecule has 0 aromatic carbocycles. The third kappa shape index (κ3) is 2.57. The number of hydrogen-bond acceptors (Lipinski definition) is 5. The third-order valence-electron chi connectivity index (χ3n) is 3.88. The zero-order valence-corrected chi connectivity index (χ0v) is 11.5. The maximum atomic E-state index is 5.98. The predicted molar refractivity (Wildman–Crippen MR) is 67.7 cm³/mol. The smallest absolute Gasteiger partial charge is 0.240 e. The highest BCUT2D eigenvalue weighted by Crippen LogP contribution is 2.46. The summed E-state index contributed by atoms with van der Waals surface area (Å²) in [4.78, 5) is 4.36. The van der Waals surface area contributed by atoms with Gasteiger partial charge in [-0.2, -0.15) is 4.98 Å². The Hall–Kier alpha value is -0.940. The van der Waals surface area contributed by atoms with Crippen LogP contribution in [0.5, 0.6) is 0 Å². The molecule has 0 radical (unpaired) electrons. The molecule has 1 saturated carbocycles. The average molecular weight is 253 g/mol. The van der Waals surface area contributed by atoms with E-state index in [-0.39, 0.29) is 12.1 Å². The molecule has 0 unspecified atom stereocenters. The minimum absolute atomic E-state index is 0.278. The molecular weight excluding hydrogens is 230 g/mol. The topological polar surface area (TPSA) is 74.2 Å². The Labute approximate surface area is 108 Å². The van der Waals surface area contributed by atoms with Crippen molar-refractivity contribution in [2.24, 2.45) is 11.1 Å². The zero-order valence-electron chi connectivity index (χ0n) is 11.5. The summed E-state index contributed by atoms with van der Waals surface area (Å²) in [5.74, 6) is 1.15. The minimum atomic E-state index is -0.374. The molecule has 1 aromatic rings. The van der Waals surface area contributed by atoms with E-state index in [0.29, 0.717) is 23.7 Å². The number of nitrogens with two attached hydrogens (primary N) is 1. The lowest BCUT2D eigenvalue weighted by molar-refractivity contribution is -0.0957. The van der Waals surface area contributed by atoms with E-state index in [1.165, 1.54) is 0 Å². The molecule has 0 saturated heterocycles. The molecule has 2 N–H and O–H groups in total. The summed E-state index contributed by atoms with van der Waals surface area (Å²) in [6.07, 6.45) is 4.10. The Morgan fingerprint density at radius 3 is 2.44 bits per heavy atom. The summed E-state index contributed by atoms with van der Waals surface area (Å²) < 4.78 is 11.1. The van der Waals surface area contributed by atoms with Gasteiger partial charge in [-0.3, -0.25) is 0 Å². The molecule has 1 aliphatic rings. The summed E-state index contributed by atoms with van der Waals surface area (Å²) in [7, 11) is 0. The van der Waals surface area contributed by atoms with Gasteiger partial charge in [0.2, 0.25) is 11.7 Å². The fraction of sp³-hybridized carbons (Fsp3) is 0.846. The molecule has 0 spiro atoms. The summed E-state index contributed by atoms with van der Waals surface area (Å²) in [5.41, 5.74) is 5.52. The average Bonchev–Trinajstić information content (AvgIpc) is 2.82. The lowest BCUT2D eigenvalue weighted by Gasteiger charge is -2.41. The molecule has 0 aliphatic heterocycles. The van der Waals surface area contributed by atoms with E-state index in [4.69, 9.17) is 15.0 Å². The first-order chi connectivity index (χ1) is 8.51. The third-order valence-corrected chi connectivity index (χ3v) is 3.88. The lowest BCUT2D eigenvalue weighted by Crippen LogP contribution is -2.38. The van der Waals surface area contributed by atoms with E-state index >= 15 is 0 Å². The first-order valence-electron chi connectivity index (χ1n) is 6.68. The molecule has 1 fully saturated rings. The molecule has 2 rings (SSSR count). The van der Waals surface area contributed by atoms with Gasteiger partial charge in [-0.15, -0.1) is 0 Å². The van der Waals surface area contributed by atoms with Crippen LogP contribution in [-0.2, 0) is 16.9 Å². The molecule has 18 heavy (non-hydrogen) atoms. The van der Waals surface area contributed by atoms with Crippen LogP contribution >= 0.6 is 0 Å². The van der Waals surface area contributed by atoms with E-state index in [0.717, 1.165) is 25.7 Å². The highest BCUT2D eigenvalue weighted by atomic mass is 16.5. The molecule has 0 atom stereocenters. The minimum Gasteiger partial charge on any atom is -0.367 e. The summed E-state index contributed by atoms with van der Waals surface area (Å²) >= 11 is 0. The number of aromatic nitrogens is 2. The van der Waals surface area contributed by atoms with Crippen LogP contribution < -0.4 is 5.73 Å². The van der Waals surface area contributed by atoms with Crippen LogP contribution in [-0.4, -0.2) is 16.7 Å². The standard InChI is InChI=1S/C13H23N3O2/c1-4-17-13(7-5-12(2,3)6-8-13)11-15-10(9-14)18-16-11/h4-9,14H2,1-3H3. The maximum Gasteiger partial charge on any atom is 0.240 e. The van der Waals surface area contributed by atoms with Crippen LogP contribution in [0.15, 0.2) is 4.52 Å². The highest BCUT2D eigenvalue weighted by Gasteiger charge is 2.43. The number of ether oxygens (including phenoxy) is 1. The van der Waals surface area contributed by atoms with Gasteiger partial charge in [0.25, 0.3) is 0 Å². The quantitative estimate of drug-likeness (QED) is 0.891. The number of hydrogen-bond donors (Lipinski definition) is 1. The van der Waals surface area contributed by atoms with Crippen molar-refractivity contribution in [2.75, 3.05) is 6.61 Å². The fourth-order valence-corrected chi connectivity index (χ4v) is 2.56. The molecule has 0 amide bonds. The van der Waals surface area contributed by atoms with Crippen molar-refractivity contribution in [1.29, 1.82) is 0 Å². The van der Waals surface area contributed by atoms with Gasteiger partial charge < -0.3 is 15.0 Å². The Kier molecular flexibility index (Phi) is 3.73. The van der Waals surface area contributed by atoms with Crippen molar-refractivity contribution in [3.63, 3.8) is 0 Å². The Bertz CT molecular complexity index is 391. The molecule has 1 aliphatic carbocycles. The van der Waals surface area contributed by atoms with E-state index in [1.54, 1.807) is 0 Å². The predicted octanol–water partition coefficient (Wildman–Crippen LogP) is 2.36. The van der Waals surface area contributed by atoms with Crippen LogP contribution in [0.1, 0.15) is 58.2 Å². The summed E-state index contributed by atoms with van der Waals surface area (Å²) in [6, 6.07) is 0. The van der Waals surface area contributed by atoms with E-state index in [1.807, 2.05) is 6.92 Å². The van der Waals surface area contributed by atoms with Crippen molar-refractivity contribution < 1.29 is 9.26 Å². The molecule has 1 heterocycles. The Balaban J connectivity index is 2.22. The van der Waals surface area contributed by atoms with Gasteiger partial charge in [-0.1, -0.05) is 19.0 Å². The SMILES string of the molecule is CCOC1(c2noc(CN)n2)CCC(C)(C)CC1. The maximum absolute atomic E-state index is 5.98. The van der Waals surface area contributed by atoms with Crippen molar-refractivity contribution in [3.8, 4) is 0 Å². The lowest BCUT2D eigenvalue weighted by atomic mass is 9.70. The van der Waals surface area contributed by atoms with Gasteiger partial charge in [-0.05, 0) is 38.0 Å². The molecule has 5 heteroatoms. The molecule has 5 nitrogen and oxygen atoms in total. The molecule has 0 bridgehead atoms. The monoisotopic (exact) mass is 253 g/mol. The summed E-state index contributed by atoms with van der Waals surface area (Å²) in [6.45, 7) is 7.54. The van der Waals surface area contributed by atoms with Crippen LogP contribution in [0.2, 0.25) is 0 Å². The van der Waals surface area contributed by atoms with Crippen molar-refractivity contribution in [3.05, 3.63) is 11.7 Å². The number of nitrogens with zero attached hydrogens (tertiary/aromatic N) is 2. The number of rotatable bonds is 4. The van der Waals surface area contributed by atoms with Crippen LogP contribution in [0.25, 0.3) is 0 Å². The van der Waals surface area contributed by atoms with Crippen molar-refractivity contribution in [2.45, 2.75) is 58.6 Å². The largest absolute Gasteiger partial charge is 0.367 e. The Morgan fingerprint density at radius 1 is 1.28 bits per heavy atom. The van der Waals surface area contributed by atoms with Gasteiger partial charge in [0.15, 0.2) is 0 Å². The van der Waals surface area contributed by atoms with E-state index < -0.39 is 0 Å². The Morgan fingerprint density at radius 2 is 1.94 bits per heavy atom. The first kappa shape index (κ1) is 13.5. The molecule has 102 valence electrons. The van der Waals surface area contributed by atoms with E-state index in [2.05, 4.69) is 24.0 Å². The van der Waals surface area contributed by atoms with Crippen LogP contribution in [0, 0.1) is 5.41 Å². The molecular formula is C13H23N3O2. The highest BCUT2D eigenvalue weighted by molar-refractivity contribution is 5.05. The van der Waals surface area contributed by atoms with E-state index in [9.17, 15) is 0 Å². The first-order valence-corrected chi connectivity index (χ1v) is 6.68. The fourth-order valence-electron chi connectivity index (χ4n) is 2.56. The van der Waals surface area contributed by atoms with Crippen LogP contribution in [0.4, 0.5) is 0 Å². The van der Waals surface area contributed by atoms with Gasteiger partial charge in [0.1, 0.15) is 5.60 Å². The second-order valence-electron chi connectivity index (χ2n) is 5.81. The van der Waals surface area contributed by atoms with Crippen molar-refractivity contribution >= 4 is 0 Å². The van der Waals surface area contributed by atoms with Gasteiger partial charge >= 0.3 is 0 Å². The van der Waals surface area contributed by atoms with Gasteiger partial charge in [0.05, 0.1) is 6.54 Å². The second-order valence-corrected chi connectivity index (χ2v) is 5.81. The molecule has 1 aromatic heterocycles. The van der Waals surface area contributed by atoms with Gasteiger partial charge in [0, 0.05) is 6.61 Å². The second kappa shape index (κ2) is 4.97. The summed E-state index contributed by atoms with van der Waals surface area (Å²) in [5, 5.41) is 4.06. The zero-order chi connectivity index (χ0) is 13.2. The van der Waals surface area contributed by atoms with Crippen LogP contribution in [0.3, 0.4) is 0 Å².